The summed E-state index contributed by atoms with van der Waals surface area (Å²) in [6.45, 7) is 0. The topological polar surface area (TPSA) is 49.3 Å². The Bertz CT molecular complexity index is 617. The van der Waals surface area contributed by atoms with Crippen LogP contribution in [0.4, 0.5) is 5.00 Å². The maximum Gasteiger partial charge on any atom is 0.134 e. The normalized spacial score (nSPS) is 14.6. The van der Waals surface area contributed by atoms with E-state index in [0.29, 0.717) is 0 Å². The molecule has 2 aromatic rings. The molecule has 2 heterocycles. The molecule has 0 amide bonds. The molecule has 0 N–H and O–H groups in total. The van der Waals surface area contributed by atoms with Gasteiger partial charge in [-0.3, -0.25) is 0 Å². The molecule has 0 atom stereocenters. The molecule has 0 fully saturated rings. The first-order valence-corrected chi connectivity index (χ1v) is 6.81. The van der Waals surface area contributed by atoms with Crippen molar-refractivity contribution in [3.05, 3.63) is 40.2 Å². The third kappa shape index (κ3) is 1.98. The highest BCUT2D eigenvalue weighted by Crippen LogP contribution is 2.39. The van der Waals surface area contributed by atoms with Crippen LogP contribution in [0.15, 0.2) is 28.0 Å². The summed E-state index contributed by atoms with van der Waals surface area (Å²) in [5, 5.41) is 10.1. The molecule has 0 saturated heterocycles. The number of aryl methyl sites for hydroxylation is 1. The third-order valence-electron chi connectivity index (χ3n) is 3.14. The molecule has 0 unspecified atom stereocenters. The van der Waals surface area contributed by atoms with Crippen LogP contribution in [0.25, 0.3) is 0 Å². The van der Waals surface area contributed by atoms with E-state index < -0.39 is 0 Å². The largest absolute Gasteiger partial charge is 0.472 e. The third-order valence-corrected chi connectivity index (χ3v) is 4.34. The van der Waals surface area contributed by atoms with E-state index in [1.54, 1.807) is 30.1 Å². The lowest BCUT2D eigenvalue weighted by Gasteiger charge is -2.09. The second-order valence-electron chi connectivity index (χ2n) is 4.32. The quantitative estimate of drug-likeness (QED) is 0.766. The number of aliphatic imine (C=N–C) groups is 1. The Labute approximate surface area is 109 Å². The zero-order chi connectivity index (χ0) is 12.4. The molecule has 3 rings (SSSR count). The first-order valence-electron chi connectivity index (χ1n) is 5.99. The highest BCUT2D eigenvalue weighted by Gasteiger charge is 2.19. The lowest BCUT2D eigenvalue weighted by molar-refractivity contribution is 0.567. The molecule has 0 aliphatic heterocycles. The number of fused-ring (bicyclic) bond motifs is 1. The molecule has 0 aromatic carbocycles. The van der Waals surface area contributed by atoms with Crippen LogP contribution >= 0.6 is 11.3 Å². The van der Waals surface area contributed by atoms with Crippen LogP contribution in [0, 0.1) is 11.3 Å². The summed E-state index contributed by atoms with van der Waals surface area (Å²) in [6, 6.07) is 4.16. The SMILES string of the molecule is N#Cc1c(/N=C/c2ccoc2)sc2c1CCCC2. The Hall–Kier alpha value is -1.86. The van der Waals surface area contributed by atoms with Crippen LogP contribution < -0.4 is 0 Å². The summed E-state index contributed by atoms with van der Waals surface area (Å²) >= 11 is 1.66. The molecular formula is C14H12N2OS. The molecule has 18 heavy (non-hydrogen) atoms. The standard InChI is InChI=1S/C14H12N2OS/c15-7-12-11-3-1-2-4-13(11)18-14(12)16-8-10-5-6-17-9-10/h5-6,8-9H,1-4H2/b16-8+. The predicted molar refractivity (Wildman–Crippen MR) is 71.6 cm³/mol. The van der Waals surface area contributed by atoms with E-state index in [0.717, 1.165) is 29.0 Å². The highest BCUT2D eigenvalue weighted by atomic mass is 32.1. The van der Waals surface area contributed by atoms with E-state index in [1.165, 1.54) is 23.3 Å². The summed E-state index contributed by atoms with van der Waals surface area (Å²) in [4.78, 5) is 5.78. The van der Waals surface area contributed by atoms with Gasteiger partial charge in [0.25, 0.3) is 0 Å². The van der Waals surface area contributed by atoms with Crippen molar-refractivity contribution in [2.75, 3.05) is 0 Å². The van der Waals surface area contributed by atoms with Crippen LogP contribution in [-0.4, -0.2) is 6.21 Å². The van der Waals surface area contributed by atoms with Crippen LogP contribution in [-0.2, 0) is 12.8 Å². The number of hydrogen-bond donors (Lipinski definition) is 0. The monoisotopic (exact) mass is 256 g/mol. The molecule has 0 radical (unpaired) electrons. The Morgan fingerprint density at radius 2 is 2.28 bits per heavy atom. The first-order chi connectivity index (χ1) is 8.88. The van der Waals surface area contributed by atoms with E-state index in [1.807, 2.05) is 6.07 Å². The molecule has 4 heteroatoms. The number of furan rings is 1. The van der Waals surface area contributed by atoms with Crippen LogP contribution in [0.3, 0.4) is 0 Å². The number of rotatable bonds is 2. The van der Waals surface area contributed by atoms with Gasteiger partial charge in [0.15, 0.2) is 0 Å². The van der Waals surface area contributed by atoms with E-state index in [9.17, 15) is 5.26 Å². The maximum absolute atomic E-state index is 9.28. The van der Waals surface area contributed by atoms with Gasteiger partial charge >= 0.3 is 0 Å². The summed E-state index contributed by atoms with van der Waals surface area (Å²) in [5.74, 6) is 0. The molecule has 2 aromatic heterocycles. The first kappa shape index (κ1) is 11.2. The molecule has 0 spiro atoms. The Balaban J connectivity index is 1.97. The maximum atomic E-state index is 9.28. The molecule has 0 bridgehead atoms. The van der Waals surface area contributed by atoms with Gasteiger partial charge < -0.3 is 4.42 Å². The lowest BCUT2D eigenvalue weighted by Crippen LogP contribution is -1.99. The van der Waals surface area contributed by atoms with Crippen LogP contribution in [0.1, 0.15) is 34.4 Å². The van der Waals surface area contributed by atoms with Crippen molar-refractivity contribution in [1.29, 1.82) is 5.26 Å². The van der Waals surface area contributed by atoms with Crippen molar-refractivity contribution < 1.29 is 4.42 Å². The second-order valence-corrected chi connectivity index (χ2v) is 5.40. The van der Waals surface area contributed by atoms with Gasteiger partial charge in [-0.05, 0) is 37.3 Å². The van der Waals surface area contributed by atoms with Gasteiger partial charge in [-0.1, -0.05) is 0 Å². The van der Waals surface area contributed by atoms with E-state index in [4.69, 9.17) is 4.42 Å². The minimum Gasteiger partial charge on any atom is -0.472 e. The van der Waals surface area contributed by atoms with Gasteiger partial charge in [0.2, 0.25) is 0 Å². The molecule has 1 aliphatic carbocycles. The molecular weight excluding hydrogens is 244 g/mol. The van der Waals surface area contributed by atoms with E-state index in [2.05, 4.69) is 11.1 Å². The average molecular weight is 256 g/mol. The van der Waals surface area contributed by atoms with Crippen molar-refractivity contribution in [3.63, 3.8) is 0 Å². The van der Waals surface area contributed by atoms with Gasteiger partial charge in [0, 0.05) is 16.7 Å². The summed E-state index contributed by atoms with van der Waals surface area (Å²) in [7, 11) is 0. The van der Waals surface area contributed by atoms with Gasteiger partial charge in [-0.15, -0.1) is 11.3 Å². The number of hydrogen-bond acceptors (Lipinski definition) is 4. The minimum absolute atomic E-state index is 0.773. The second kappa shape index (κ2) is 4.79. The zero-order valence-corrected chi connectivity index (χ0v) is 10.7. The molecule has 3 nitrogen and oxygen atoms in total. The summed E-state index contributed by atoms with van der Waals surface area (Å²) < 4.78 is 4.99. The van der Waals surface area contributed by atoms with Gasteiger partial charge in [-0.2, -0.15) is 5.26 Å². The smallest absolute Gasteiger partial charge is 0.134 e. The van der Waals surface area contributed by atoms with Crippen molar-refractivity contribution >= 4 is 22.6 Å². The molecule has 1 aliphatic rings. The summed E-state index contributed by atoms with van der Waals surface area (Å²) in [6.07, 6.45) is 9.54. The Morgan fingerprint density at radius 1 is 1.39 bits per heavy atom. The molecule has 90 valence electrons. The van der Waals surface area contributed by atoms with Crippen molar-refractivity contribution in [2.45, 2.75) is 25.7 Å². The van der Waals surface area contributed by atoms with Crippen molar-refractivity contribution in [2.24, 2.45) is 4.99 Å². The number of nitriles is 1. The van der Waals surface area contributed by atoms with E-state index >= 15 is 0 Å². The lowest BCUT2D eigenvalue weighted by atomic mass is 9.96. The Kier molecular flexibility index (Phi) is 2.99. The fourth-order valence-electron chi connectivity index (χ4n) is 2.24. The summed E-state index contributed by atoms with van der Waals surface area (Å²) in [5.41, 5.74) is 2.92. The van der Waals surface area contributed by atoms with Crippen molar-refractivity contribution in [3.8, 4) is 6.07 Å². The predicted octanol–water partition coefficient (Wildman–Crippen LogP) is 3.84. The Morgan fingerprint density at radius 3 is 3.06 bits per heavy atom. The zero-order valence-electron chi connectivity index (χ0n) is 9.85. The van der Waals surface area contributed by atoms with Gasteiger partial charge in [-0.25, -0.2) is 4.99 Å². The number of nitrogens with zero attached hydrogens (tertiary/aromatic N) is 2. The minimum atomic E-state index is 0.773. The van der Waals surface area contributed by atoms with Gasteiger partial charge in [0.1, 0.15) is 11.1 Å². The fraction of sp³-hybridized carbons (Fsp3) is 0.286. The fourth-order valence-corrected chi connectivity index (χ4v) is 3.42. The van der Waals surface area contributed by atoms with Crippen LogP contribution in [0.5, 0.6) is 0 Å². The average Bonchev–Trinajstić information content (AvgIpc) is 3.03. The van der Waals surface area contributed by atoms with E-state index in [-0.39, 0.29) is 0 Å². The van der Waals surface area contributed by atoms with Crippen molar-refractivity contribution in [1.82, 2.24) is 0 Å². The van der Waals surface area contributed by atoms with Crippen LogP contribution in [0.2, 0.25) is 0 Å². The highest BCUT2D eigenvalue weighted by molar-refractivity contribution is 7.16. The van der Waals surface area contributed by atoms with Gasteiger partial charge in [0.05, 0.1) is 18.1 Å². The molecule has 0 saturated carbocycles. The number of thiophene rings is 1.